The molecule has 7 heteroatoms. The number of benzene rings is 1. The van der Waals surface area contributed by atoms with Crippen LogP contribution in [0.25, 0.3) is 0 Å². The first-order valence-electron chi connectivity index (χ1n) is 6.91. The van der Waals surface area contributed by atoms with Crippen LogP contribution >= 0.6 is 11.6 Å². The number of carbonyl (C=O) groups excluding carboxylic acids is 1. The van der Waals surface area contributed by atoms with Gasteiger partial charge in [-0.15, -0.1) is 0 Å². The number of likely N-dealkylation sites (N-methyl/N-ethyl adjacent to an activating group) is 1. The molecule has 0 radical (unpaired) electrons. The van der Waals surface area contributed by atoms with Gasteiger partial charge < -0.3 is 10.2 Å². The van der Waals surface area contributed by atoms with E-state index >= 15 is 0 Å². The molecule has 0 bridgehead atoms. The summed E-state index contributed by atoms with van der Waals surface area (Å²) in [5.41, 5.74) is 0.998. The fourth-order valence-electron chi connectivity index (χ4n) is 2.10. The molecule has 2 N–H and O–H groups in total. The van der Waals surface area contributed by atoms with E-state index in [1.54, 1.807) is 24.0 Å². The molecule has 118 valence electrons. The number of nitrogens with one attached hydrogen (secondary N) is 2. The average molecular weight is 322 g/mol. The molecule has 0 aliphatic rings. The zero-order chi connectivity index (χ0) is 16.1. The Bertz CT molecular complexity index is 623. The normalized spacial score (nSPS) is 12.2. The van der Waals surface area contributed by atoms with Crippen molar-refractivity contribution in [3.05, 3.63) is 47.1 Å². The molecule has 1 atom stereocenters. The third-order valence-electron chi connectivity index (χ3n) is 3.19. The molecule has 0 unspecified atom stereocenters. The van der Waals surface area contributed by atoms with Crippen LogP contribution in [0, 0.1) is 0 Å². The summed E-state index contributed by atoms with van der Waals surface area (Å²) in [6.45, 7) is 0.681. The third kappa shape index (κ3) is 4.47. The first-order chi connectivity index (χ1) is 10.5. The van der Waals surface area contributed by atoms with Crippen LogP contribution in [0.1, 0.15) is 11.6 Å². The number of urea groups is 1. The van der Waals surface area contributed by atoms with Gasteiger partial charge in [0.1, 0.15) is 5.82 Å². The van der Waals surface area contributed by atoms with Crippen LogP contribution in [-0.4, -0.2) is 41.4 Å². The van der Waals surface area contributed by atoms with Gasteiger partial charge in [-0.3, -0.25) is 10.00 Å². The maximum Gasteiger partial charge on any atom is 0.320 e. The zero-order valence-corrected chi connectivity index (χ0v) is 13.6. The van der Waals surface area contributed by atoms with Crippen molar-refractivity contribution in [1.82, 2.24) is 20.0 Å². The maximum absolute atomic E-state index is 12.2. The number of aryl methyl sites for hydroxylation is 1. The van der Waals surface area contributed by atoms with E-state index in [4.69, 9.17) is 11.6 Å². The smallest absolute Gasteiger partial charge is 0.320 e. The molecule has 0 aliphatic carbocycles. The van der Waals surface area contributed by atoms with Crippen molar-refractivity contribution in [3.63, 3.8) is 0 Å². The minimum absolute atomic E-state index is 0.138. The highest BCUT2D eigenvalue weighted by Crippen LogP contribution is 2.17. The summed E-state index contributed by atoms with van der Waals surface area (Å²) >= 11 is 5.92. The third-order valence-corrected chi connectivity index (χ3v) is 3.44. The Balaban J connectivity index is 2.07. The zero-order valence-electron chi connectivity index (χ0n) is 12.9. The van der Waals surface area contributed by atoms with Crippen molar-refractivity contribution in [1.29, 1.82) is 0 Å². The second kappa shape index (κ2) is 7.29. The molecule has 1 aromatic carbocycles. The van der Waals surface area contributed by atoms with Crippen LogP contribution < -0.4 is 10.6 Å². The number of hydrogen-bond donors (Lipinski definition) is 2. The van der Waals surface area contributed by atoms with Crippen LogP contribution in [0.5, 0.6) is 0 Å². The number of nitrogens with zero attached hydrogens (tertiary/aromatic N) is 3. The van der Waals surface area contributed by atoms with Gasteiger partial charge in [0.05, 0.1) is 12.2 Å². The molecule has 0 spiro atoms. The van der Waals surface area contributed by atoms with Crippen molar-refractivity contribution < 1.29 is 4.79 Å². The molecule has 0 saturated heterocycles. The summed E-state index contributed by atoms with van der Waals surface area (Å²) in [5, 5.41) is 10.4. The molecule has 22 heavy (non-hydrogen) atoms. The van der Waals surface area contributed by atoms with Crippen molar-refractivity contribution in [2.45, 2.75) is 6.04 Å². The lowest BCUT2D eigenvalue weighted by molar-refractivity contribution is 0.244. The lowest BCUT2D eigenvalue weighted by Gasteiger charge is -2.23. The van der Waals surface area contributed by atoms with E-state index < -0.39 is 0 Å². The van der Waals surface area contributed by atoms with E-state index in [1.165, 1.54) is 0 Å². The Hall–Kier alpha value is -2.05. The van der Waals surface area contributed by atoms with E-state index in [1.807, 2.05) is 43.3 Å². The summed E-state index contributed by atoms with van der Waals surface area (Å²) in [5.74, 6) is 0.636. The van der Waals surface area contributed by atoms with Crippen molar-refractivity contribution in [3.8, 4) is 0 Å². The fraction of sp³-hybridized carbons (Fsp3) is 0.333. The minimum Gasteiger partial charge on any atom is -0.330 e. The first-order valence-corrected chi connectivity index (χ1v) is 7.29. The van der Waals surface area contributed by atoms with Gasteiger partial charge in [0.15, 0.2) is 0 Å². The highest BCUT2D eigenvalue weighted by Gasteiger charge is 2.16. The molecule has 0 saturated carbocycles. The van der Waals surface area contributed by atoms with Gasteiger partial charge in [-0.2, -0.15) is 5.10 Å². The van der Waals surface area contributed by atoms with Gasteiger partial charge in [0, 0.05) is 24.7 Å². The molecule has 1 aromatic heterocycles. The number of rotatable bonds is 5. The van der Waals surface area contributed by atoms with Gasteiger partial charge in [0.2, 0.25) is 0 Å². The molecule has 2 amide bonds. The molecule has 0 aliphatic heterocycles. The highest BCUT2D eigenvalue weighted by molar-refractivity contribution is 6.30. The van der Waals surface area contributed by atoms with Gasteiger partial charge in [-0.25, -0.2) is 4.79 Å². The van der Waals surface area contributed by atoms with Crippen LogP contribution in [-0.2, 0) is 7.05 Å². The molecular formula is C15H20ClN5O. The van der Waals surface area contributed by atoms with Crippen LogP contribution in [0.15, 0.2) is 36.5 Å². The van der Waals surface area contributed by atoms with E-state index in [0.29, 0.717) is 17.4 Å². The number of hydrogen-bond acceptors (Lipinski definition) is 3. The van der Waals surface area contributed by atoms with Crippen LogP contribution in [0.4, 0.5) is 10.6 Å². The average Bonchev–Trinajstić information content (AvgIpc) is 2.84. The van der Waals surface area contributed by atoms with Crippen LogP contribution in [0.3, 0.4) is 0 Å². The summed E-state index contributed by atoms with van der Waals surface area (Å²) in [7, 11) is 5.69. The van der Waals surface area contributed by atoms with Gasteiger partial charge in [-0.1, -0.05) is 23.7 Å². The predicted octanol–water partition coefficient (Wildman–Crippen LogP) is 2.50. The predicted molar refractivity (Wildman–Crippen MR) is 88.1 cm³/mol. The Morgan fingerprint density at radius 2 is 2.00 bits per heavy atom. The Morgan fingerprint density at radius 1 is 1.32 bits per heavy atom. The second-order valence-corrected chi connectivity index (χ2v) is 5.74. The fourth-order valence-corrected chi connectivity index (χ4v) is 2.23. The van der Waals surface area contributed by atoms with Crippen molar-refractivity contribution in [2.24, 2.45) is 7.05 Å². The maximum atomic E-state index is 12.2. The molecule has 0 fully saturated rings. The summed E-state index contributed by atoms with van der Waals surface area (Å²) in [6.07, 6.45) is 1.63. The van der Waals surface area contributed by atoms with E-state index in [-0.39, 0.29) is 12.1 Å². The van der Waals surface area contributed by atoms with Crippen LogP contribution in [0.2, 0.25) is 5.02 Å². The Kier molecular flexibility index (Phi) is 5.41. The number of carbonyl (C=O) groups is 1. The molecule has 2 rings (SSSR count). The summed E-state index contributed by atoms with van der Waals surface area (Å²) < 4.78 is 1.60. The Labute approximate surface area is 135 Å². The second-order valence-electron chi connectivity index (χ2n) is 5.30. The SMILES string of the molecule is CN(C)C[C@H](NC(=O)Nc1ccnn1C)c1ccc(Cl)cc1. The number of amides is 2. The highest BCUT2D eigenvalue weighted by atomic mass is 35.5. The number of aromatic nitrogens is 2. The number of anilines is 1. The standard InChI is InChI=1S/C15H20ClN5O/c1-20(2)10-13(11-4-6-12(16)7-5-11)18-15(22)19-14-8-9-17-21(14)3/h4-9,13H,10H2,1-3H3,(H2,18,19,22)/t13-/m0/s1. The van der Waals surface area contributed by atoms with Gasteiger partial charge in [-0.05, 0) is 31.8 Å². The summed E-state index contributed by atoms with van der Waals surface area (Å²) in [4.78, 5) is 14.2. The first kappa shape index (κ1) is 16.3. The van der Waals surface area contributed by atoms with E-state index in [2.05, 4.69) is 15.7 Å². The summed E-state index contributed by atoms with van der Waals surface area (Å²) in [6, 6.07) is 8.80. The lowest BCUT2D eigenvalue weighted by Crippen LogP contribution is -2.38. The Morgan fingerprint density at radius 3 is 2.55 bits per heavy atom. The van der Waals surface area contributed by atoms with Crippen molar-refractivity contribution in [2.75, 3.05) is 26.0 Å². The largest absolute Gasteiger partial charge is 0.330 e. The molecule has 1 heterocycles. The topological polar surface area (TPSA) is 62.2 Å². The minimum atomic E-state index is -0.273. The van der Waals surface area contributed by atoms with E-state index in [9.17, 15) is 4.79 Å². The monoisotopic (exact) mass is 321 g/mol. The van der Waals surface area contributed by atoms with Crippen molar-refractivity contribution >= 4 is 23.4 Å². The van der Waals surface area contributed by atoms with E-state index in [0.717, 1.165) is 5.56 Å². The van der Waals surface area contributed by atoms with Gasteiger partial charge >= 0.3 is 6.03 Å². The molecule has 6 nitrogen and oxygen atoms in total. The van der Waals surface area contributed by atoms with Gasteiger partial charge in [0.25, 0.3) is 0 Å². The number of halogens is 1. The quantitative estimate of drug-likeness (QED) is 0.889. The molecule has 2 aromatic rings. The lowest BCUT2D eigenvalue weighted by atomic mass is 10.1. The molecular weight excluding hydrogens is 302 g/mol.